The number of methoxy groups -OCH3 is 1. The van der Waals surface area contributed by atoms with Crippen LogP contribution in [0.4, 0.5) is 0 Å². The number of hydrogen-bond donors (Lipinski definition) is 1. The van der Waals surface area contributed by atoms with Gasteiger partial charge < -0.3 is 14.6 Å². The van der Waals surface area contributed by atoms with Crippen molar-refractivity contribution in [3.05, 3.63) is 37.0 Å². The van der Waals surface area contributed by atoms with Crippen molar-refractivity contribution < 1.29 is 29.0 Å². The van der Waals surface area contributed by atoms with Gasteiger partial charge in [0.2, 0.25) is 0 Å². The Bertz CT molecular complexity index is 383. The molecule has 0 aliphatic rings. The highest BCUT2D eigenvalue weighted by Gasteiger charge is 1.96. The molecular weight excluding hydrogens is 300 g/mol. The Morgan fingerprint density at radius 3 is 1.87 bits per heavy atom. The van der Waals surface area contributed by atoms with Crippen LogP contribution in [-0.2, 0) is 23.9 Å². The van der Waals surface area contributed by atoms with Gasteiger partial charge in [-0.15, -0.1) is 0 Å². The van der Waals surface area contributed by atoms with E-state index in [9.17, 15) is 14.4 Å². The average molecular weight is 328 g/mol. The number of unbranched alkanes of at least 4 members (excludes halogenated alkanes) is 1. The second-order valence-corrected chi connectivity index (χ2v) is 4.26. The van der Waals surface area contributed by atoms with E-state index in [-0.39, 0.29) is 17.5 Å². The molecule has 1 N–H and O–H groups in total. The van der Waals surface area contributed by atoms with Crippen molar-refractivity contribution in [3.8, 4) is 0 Å². The van der Waals surface area contributed by atoms with Crippen molar-refractivity contribution in [1.82, 2.24) is 0 Å². The van der Waals surface area contributed by atoms with Crippen LogP contribution >= 0.6 is 0 Å². The number of aliphatic carboxylic acids is 1. The highest BCUT2D eigenvalue weighted by Crippen LogP contribution is 1.93. The zero-order valence-corrected chi connectivity index (χ0v) is 14.5. The lowest BCUT2D eigenvalue weighted by molar-refractivity contribution is -0.138. The lowest BCUT2D eigenvalue weighted by Crippen LogP contribution is -2.00. The van der Waals surface area contributed by atoms with Gasteiger partial charge >= 0.3 is 17.9 Å². The molecule has 6 heteroatoms. The van der Waals surface area contributed by atoms with E-state index in [2.05, 4.69) is 29.2 Å². The lowest BCUT2D eigenvalue weighted by atomic mass is 10.2. The van der Waals surface area contributed by atoms with Crippen LogP contribution in [0.3, 0.4) is 0 Å². The van der Waals surface area contributed by atoms with E-state index in [0.29, 0.717) is 18.6 Å². The van der Waals surface area contributed by atoms with E-state index < -0.39 is 5.97 Å². The summed E-state index contributed by atoms with van der Waals surface area (Å²) in [7, 11) is 1.33. The molecule has 0 aliphatic carbocycles. The Hall–Kier alpha value is -2.37. The van der Waals surface area contributed by atoms with Crippen molar-refractivity contribution >= 4 is 17.9 Å². The molecule has 132 valence electrons. The van der Waals surface area contributed by atoms with Gasteiger partial charge in [-0.2, -0.15) is 0 Å². The minimum atomic E-state index is -0.900. The predicted molar refractivity (Wildman–Crippen MR) is 90.0 cm³/mol. The van der Waals surface area contributed by atoms with E-state index in [0.717, 1.165) is 12.8 Å². The molecule has 0 amide bonds. The summed E-state index contributed by atoms with van der Waals surface area (Å²) >= 11 is 0. The average Bonchev–Trinajstić information content (AvgIpc) is 2.54. The molecule has 0 saturated heterocycles. The van der Waals surface area contributed by atoms with Gasteiger partial charge in [0.15, 0.2) is 0 Å². The van der Waals surface area contributed by atoms with Crippen LogP contribution in [0.15, 0.2) is 37.0 Å². The number of ether oxygens (including phenoxy) is 2. The summed E-state index contributed by atoms with van der Waals surface area (Å²) in [5.74, 6) is -1.58. The van der Waals surface area contributed by atoms with Crippen molar-refractivity contribution in [2.24, 2.45) is 0 Å². The van der Waals surface area contributed by atoms with E-state index in [1.54, 1.807) is 13.8 Å². The fraction of sp³-hybridized carbons (Fsp3) is 0.471. The smallest absolute Gasteiger partial charge is 0.332 e. The van der Waals surface area contributed by atoms with Gasteiger partial charge in [-0.3, -0.25) is 0 Å². The molecule has 0 atom stereocenters. The molecule has 0 rings (SSSR count). The SMILES string of the molecule is C=C(C)C(=O)OC.C=C(CC)C(=O)O.C=CC(=O)OCCCC. The number of carboxylic acid groups (broad SMARTS) is 1. The van der Waals surface area contributed by atoms with E-state index in [4.69, 9.17) is 5.11 Å². The van der Waals surface area contributed by atoms with Gasteiger partial charge in [0.1, 0.15) is 0 Å². The normalized spacial score (nSPS) is 8.17. The number of carbonyl (C=O) groups excluding carboxylic acids is 2. The van der Waals surface area contributed by atoms with Gasteiger partial charge in [0, 0.05) is 17.2 Å². The molecule has 0 radical (unpaired) electrons. The molecule has 0 aromatic heterocycles. The van der Waals surface area contributed by atoms with Crippen LogP contribution in [0.2, 0.25) is 0 Å². The number of esters is 2. The summed E-state index contributed by atoms with van der Waals surface area (Å²) in [6.45, 7) is 15.8. The third-order valence-electron chi connectivity index (χ3n) is 2.17. The summed E-state index contributed by atoms with van der Waals surface area (Å²) in [5.41, 5.74) is 0.697. The van der Waals surface area contributed by atoms with Gasteiger partial charge in [0.25, 0.3) is 0 Å². The maximum absolute atomic E-state index is 10.3. The Morgan fingerprint density at radius 1 is 1.17 bits per heavy atom. The predicted octanol–water partition coefficient (Wildman–Crippen LogP) is 3.29. The molecule has 0 unspecified atom stereocenters. The van der Waals surface area contributed by atoms with Crippen LogP contribution in [0.1, 0.15) is 40.0 Å². The number of carboxylic acids is 1. The first-order chi connectivity index (χ1) is 10.7. The Labute approximate surface area is 138 Å². The van der Waals surface area contributed by atoms with Crippen molar-refractivity contribution in [2.45, 2.75) is 40.0 Å². The molecular formula is C17H28O6. The monoisotopic (exact) mass is 328 g/mol. The molecule has 0 spiro atoms. The Kier molecular flexibility index (Phi) is 19.7. The zero-order chi connectivity index (χ0) is 18.8. The highest BCUT2D eigenvalue weighted by molar-refractivity contribution is 5.86. The standard InChI is InChI=1S/C7H12O2.2C5H8O2/c1-3-5-6-9-7(8)4-2;1-4(2)5(6)7-3;1-3-4(2)5(6)7/h4H,2-3,5-6H2,1H3;1H2,2-3H3;2-3H2,1H3,(H,6,7). The minimum absolute atomic E-state index is 0.264. The fourth-order valence-corrected chi connectivity index (χ4v) is 0.701. The first kappa shape index (κ1) is 25.6. The van der Waals surface area contributed by atoms with Crippen LogP contribution in [0, 0.1) is 0 Å². The fourth-order valence-electron chi connectivity index (χ4n) is 0.701. The van der Waals surface area contributed by atoms with Crippen molar-refractivity contribution in [1.29, 1.82) is 0 Å². The number of carbonyl (C=O) groups is 3. The number of hydrogen-bond acceptors (Lipinski definition) is 5. The first-order valence-electron chi connectivity index (χ1n) is 7.11. The van der Waals surface area contributed by atoms with Crippen LogP contribution in [0.25, 0.3) is 0 Å². The van der Waals surface area contributed by atoms with Crippen LogP contribution < -0.4 is 0 Å². The molecule has 6 nitrogen and oxygen atoms in total. The molecule has 0 bridgehead atoms. The maximum atomic E-state index is 10.3. The third-order valence-corrected chi connectivity index (χ3v) is 2.17. The highest BCUT2D eigenvalue weighted by atomic mass is 16.5. The molecule has 23 heavy (non-hydrogen) atoms. The lowest BCUT2D eigenvalue weighted by Gasteiger charge is -1.97. The topological polar surface area (TPSA) is 89.9 Å². The second kappa shape index (κ2) is 17.7. The van der Waals surface area contributed by atoms with Gasteiger partial charge in [0.05, 0.1) is 13.7 Å². The zero-order valence-electron chi connectivity index (χ0n) is 14.5. The first-order valence-corrected chi connectivity index (χ1v) is 7.11. The Balaban J connectivity index is -0.000000264. The summed E-state index contributed by atoms with van der Waals surface area (Å²) in [5, 5.41) is 8.08. The summed E-state index contributed by atoms with van der Waals surface area (Å²) < 4.78 is 8.95. The summed E-state index contributed by atoms with van der Waals surface area (Å²) in [6, 6.07) is 0. The molecule has 0 heterocycles. The largest absolute Gasteiger partial charge is 0.478 e. The Morgan fingerprint density at radius 2 is 1.70 bits per heavy atom. The van der Waals surface area contributed by atoms with Gasteiger partial charge in [-0.1, -0.05) is 40.0 Å². The molecule has 0 saturated carbocycles. The third kappa shape index (κ3) is 22.1. The minimum Gasteiger partial charge on any atom is -0.478 e. The summed E-state index contributed by atoms with van der Waals surface area (Å²) in [6.07, 6.45) is 3.68. The van der Waals surface area contributed by atoms with Gasteiger partial charge in [-0.05, 0) is 19.8 Å². The van der Waals surface area contributed by atoms with E-state index in [1.807, 2.05) is 6.92 Å². The van der Waals surface area contributed by atoms with Crippen molar-refractivity contribution in [2.75, 3.05) is 13.7 Å². The second-order valence-electron chi connectivity index (χ2n) is 4.26. The van der Waals surface area contributed by atoms with Crippen LogP contribution in [0.5, 0.6) is 0 Å². The molecule has 0 aromatic rings. The van der Waals surface area contributed by atoms with E-state index in [1.165, 1.54) is 13.2 Å². The quantitative estimate of drug-likeness (QED) is 0.438. The van der Waals surface area contributed by atoms with Crippen molar-refractivity contribution in [3.63, 3.8) is 0 Å². The molecule has 0 aromatic carbocycles. The van der Waals surface area contributed by atoms with Gasteiger partial charge in [-0.25, -0.2) is 14.4 Å². The maximum Gasteiger partial charge on any atom is 0.332 e. The van der Waals surface area contributed by atoms with E-state index >= 15 is 0 Å². The molecule has 0 aliphatic heterocycles. The summed E-state index contributed by atoms with van der Waals surface area (Å²) in [4.78, 5) is 30.4. The number of rotatable bonds is 7. The van der Waals surface area contributed by atoms with Crippen LogP contribution in [-0.4, -0.2) is 36.7 Å². The molecule has 0 fully saturated rings.